The lowest BCUT2D eigenvalue weighted by molar-refractivity contribution is -0.122. The van der Waals surface area contributed by atoms with Gasteiger partial charge in [0.15, 0.2) is 0 Å². The van der Waals surface area contributed by atoms with Gasteiger partial charge in [-0.3, -0.25) is 15.6 Å². The Morgan fingerprint density at radius 2 is 1.79 bits per heavy atom. The average molecular weight is 382 g/mol. The van der Waals surface area contributed by atoms with Crippen LogP contribution in [0.5, 0.6) is 0 Å². The minimum Gasteiger partial charge on any atom is -0.350 e. The highest BCUT2D eigenvalue weighted by atomic mass is 79.9. The van der Waals surface area contributed by atoms with Crippen LogP contribution in [0.3, 0.4) is 0 Å². The predicted molar refractivity (Wildman–Crippen MR) is 99.1 cm³/mol. The van der Waals surface area contributed by atoms with Crippen molar-refractivity contribution < 1.29 is 4.79 Å². The zero-order valence-corrected chi connectivity index (χ0v) is 14.7. The molecule has 2 aromatic carbocycles. The molecule has 1 aliphatic rings. The molecule has 1 aliphatic heterocycles. The second-order valence-corrected chi connectivity index (χ2v) is 6.81. The number of hydrogen-bond acceptors (Lipinski definition) is 2. The Kier molecular flexibility index (Phi) is 3.65. The fourth-order valence-electron chi connectivity index (χ4n) is 3.14. The second kappa shape index (κ2) is 5.83. The van der Waals surface area contributed by atoms with E-state index in [1.54, 1.807) is 0 Å². The highest BCUT2D eigenvalue weighted by molar-refractivity contribution is 9.10. The van der Waals surface area contributed by atoms with Gasteiger partial charge in [0.05, 0.1) is 11.6 Å². The van der Waals surface area contributed by atoms with E-state index in [1.165, 1.54) is 0 Å². The number of rotatable bonds is 2. The maximum absolute atomic E-state index is 12.4. The summed E-state index contributed by atoms with van der Waals surface area (Å²) in [7, 11) is 2.00. The van der Waals surface area contributed by atoms with E-state index in [0.717, 1.165) is 32.2 Å². The third-order valence-electron chi connectivity index (χ3n) is 4.35. The van der Waals surface area contributed by atoms with Crippen LogP contribution >= 0.6 is 15.9 Å². The number of benzene rings is 2. The zero-order valence-electron chi connectivity index (χ0n) is 13.1. The number of hydrazine groups is 1. The highest BCUT2D eigenvalue weighted by Gasteiger charge is 2.26. The van der Waals surface area contributed by atoms with Gasteiger partial charge in [-0.1, -0.05) is 46.3 Å². The molecule has 0 bridgehead atoms. The average Bonchev–Trinajstić information content (AvgIpc) is 2.93. The topological polar surface area (TPSA) is 46.1 Å². The molecule has 1 aromatic heterocycles. The summed E-state index contributed by atoms with van der Waals surface area (Å²) in [6, 6.07) is 16.1. The molecule has 5 heteroatoms. The number of nitrogens with zero attached hydrogens (tertiary/aromatic N) is 1. The number of carbonyl (C=O) groups excluding carboxylic acids is 1. The minimum absolute atomic E-state index is 0.0489. The number of aryl methyl sites for hydroxylation is 1. The van der Waals surface area contributed by atoms with Gasteiger partial charge in [-0.25, -0.2) is 0 Å². The summed E-state index contributed by atoms with van der Waals surface area (Å²) in [5.74, 6) is -0.372. The van der Waals surface area contributed by atoms with E-state index in [9.17, 15) is 4.79 Å². The number of halogens is 1. The maximum atomic E-state index is 12.4. The Bertz CT molecular complexity index is 956. The van der Waals surface area contributed by atoms with Crippen molar-refractivity contribution in [1.82, 2.24) is 15.4 Å². The first-order valence-electron chi connectivity index (χ1n) is 7.71. The molecule has 0 aliphatic carbocycles. The van der Waals surface area contributed by atoms with Gasteiger partial charge in [-0.05, 0) is 35.4 Å². The van der Waals surface area contributed by atoms with Crippen LogP contribution in [-0.2, 0) is 11.8 Å². The van der Waals surface area contributed by atoms with Crippen LogP contribution in [0.15, 0.2) is 65.3 Å². The SMILES string of the molecule is Cn1cc(C2C=C(c3ccc(Br)cc3)NNC2=O)c2ccccc21. The second-order valence-electron chi connectivity index (χ2n) is 5.89. The first-order chi connectivity index (χ1) is 11.6. The number of aromatic nitrogens is 1. The van der Waals surface area contributed by atoms with Gasteiger partial charge in [0.2, 0.25) is 5.91 Å². The first-order valence-corrected chi connectivity index (χ1v) is 8.50. The van der Waals surface area contributed by atoms with Crippen LogP contribution in [0.25, 0.3) is 16.6 Å². The molecule has 0 radical (unpaired) electrons. The molecule has 120 valence electrons. The quantitative estimate of drug-likeness (QED) is 0.710. The molecule has 0 saturated heterocycles. The monoisotopic (exact) mass is 381 g/mol. The molecule has 4 rings (SSSR count). The van der Waals surface area contributed by atoms with Crippen molar-refractivity contribution in [3.05, 3.63) is 76.4 Å². The van der Waals surface area contributed by atoms with Crippen molar-refractivity contribution in [1.29, 1.82) is 0 Å². The van der Waals surface area contributed by atoms with Crippen LogP contribution in [0.2, 0.25) is 0 Å². The minimum atomic E-state index is -0.323. The maximum Gasteiger partial charge on any atom is 0.249 e. The van der Waals surface area contributed by atoms with Gasteiger partial charge in [-0.15, -0.1) is 0 Å². The molecule has 0 spiro atoms. The molecule has 0 fully saturated rings. The molecule has 1 atom stereocenters. The number of amides is 1. The molecule has 4 nitrogen and oxygen atoms in total. The molecule has 24 heavy (non-hydrogen) atoms. The Morgan fingerprint density at radius 3 is 2.58 bits per heavy atom. The van der Waals surface area contributed by atoms with Gasteiger partial charge in [0.1, 0.15) is 0 Å². The van der Waals surface area contributed by atoms with Crippen molar-refractivity contribution in [3.8, 4) is 0 Å². The fourth-order valence-corrected chi connectivity index (χ4v) is 3.40. The molecular formula is C19H16BrN3O. The normalized spacial score (nSPS) is 17.3. The van der Waals surface area contributed by atoms with E-state index < -0.39 is 0 Å². The lowest BCUT2D eigenvalue weighted by Gasteiger charge is -2.23. The number of para-hydroxylation sites is 1. The van der Waals surface area contributed by atoms with Crippen LogP contribution in [-0.4, -0.2) is 10.5 Å². The standard InChI is InChI=1S/C19H16BrN3O/c1-23-11-16(14-4-2-3-5-18(14)23)15-10-17(21-22-19(15)24)12-6-8-13(20)9-7-12/h2-11,15,21H,1H3,(H,22,24). The smallest absolute Gasteiger partial charge is 0.249 e. The van der Waals surface area contributed by atoms with Gasteiger partial charge >= 0.3 is 0 Å². The molecule has 2 heterocycles. The lowest BCUT2D eigenvalue weighted by Crippen LogP contribution is -2.42. The van der Waals surface area contributed by atoms with Gasteiger partial charge < -0.3 is 4.57 Å². The van der Waals surface area contributed by atoms with Crippen LogP contribution < -0.4 is 10.9 Å². The summed E-state index contributed by atoms with van der Waals surface area (Å²) in [5.41, 5.74) is 9.86. The van der Waals surface area contributed by atoms with Crippen LogP contribution in [0, 0.1) is 0 Å². The summed E-state index contributed by atoms with van der Waals surface area (Å²) in [6.07, 6.45) is 4.03. The van der Waals surface area contributed by atoms with Crippen LogP contribution in [0.1, 0.15) is 17.0 Å². The van der Waals surface area contributed by atoms with Crippen LogP contribution in [0.4, 0.5) is 0 Å². The van der Waals surface area contributed by atoms with Crippen molar-refractivity contribution in [3.63, 3.8) is 0 Å². The fraction of sp³-hybridized carbons (Fsp3) is 0.105. The summed E-state index contributed by atoms with van der Waals surface area (Å²) in [6.45, 7) is 0. The van der Waals surface area contributed by atoms with Crippen molar-refractivity contribution in [2.75, 3.05) is 0 Å². The van der Waals surface area contributed by atoms with Crippen molar-refractivity contribution >= 4 is 38.4 Å². The Balaban J connectivity index is 1.81. The Labute approximate surface area is 148 Å². The zero-order chi connectivity index (χ0) is 16.7. The predicted octanol–water partition coefficient (Wildman–Crippen LogP) is 3.70. The molecule has 2 N–H and O–H groups in total. The van der Waals surface area contributed by atoms with E-state index >= 15 is 0 Å². The van der Waals surface area contributed by atoms with E-state index in [4.69, 9.17) is 0 Å². The van der Waals surface area contributed by atoms with E-state index in [1.807, 2.05) is 55.7 Å². The number of fused-ring (bicyclic) bond motifs is 1. The van der Waals surface area contributed by atoms with E-state index in [2.05, 4.69) is 43.5 Å². The summed E-state index contributed by atoms with van der Waals surface area (Å²) < 4.78 is 3.09. The third kappa shape index (κ3) is 2.51. The molecule has 1 unspecified atom stereocenters. The van der Waals surface area contributed by atoms with E-state index in [0.29, 0.717) is 0 Å². The van der Waals surface area contributed by atoms with Gasteiger partial charge in [-0.2, -0.15) is 0 Å². The first kappa shape index (κ1) is 15.0. The molecule has 3 aromatic rings. The third-order valence-corrected chi connectivity index (χ3v) is 4.88. The number of nitrogens with one attached hydrogen (secondary N) is 2. The summed E-state index contributed by atoms with van der Waals surface area (Å²) in [4.78, 5) is 12.4. The Morgan fingerprint density at radius 1 is 1.04 bits per heavy atom. The summed E-state index contributed by atoms with van der Waals surface area (Å²) >= 11 is 3.45. The van der Waals surface area contributed by atoms with Gasteiger partial charge in [0, 0.05) is 28.6 Å². The Hall–Kier alpha value is -2.53. The van der Waals surface area contributed by atoms with Crippen molar-refractivity contribution in [2.24, 2.45) is 7.05 Å². The molecule has 0 saturated carbocycles. The highest BCUT2D eigenvalue weighted by Crippen LogP contribution is 2.31. The lowest BCUT2D eigenvalue weighted by atomic mass is 9.94. The number of hydrogen-bond donors (Lipinski definition) is 2. The number of carbonyl (C=O) groups is 1. The largest absolute Gasteiger partial charge is 0.350 e. The van der Waals surface area contributed by atoms with Gasteiger partial charge in [0.25, 0.3) is 0 Å². The molecular weight excluding hydrogens is 366 g/mol. The van der Waals surface area contributed by atoms with Crippen molar-refractivity contribution in [2.45, 2.75) is 5.92 Å². The van der Waals surface area contributed by atoms with E-state index in [-0.39, 0.29) is 11.8 Å². The summed E-state index contributed by atoms with van der Waals surface area (Å²) in [5, 5.41) is 1.11. The molecule has 1 amide bonds.